The lowest BCUT2D eigenvalue weighted by atomic mass is 10.2. The molecule has 1 heterocycles. The van der Waals surface area contributed by atoms with Crippen molar-refractivity contribution in [3.63, 3.8) is 0 Å². The molecule has 2 rings (SSSR count). The fourth-order valence-electron chi connectivity index (χ4n) is 1.70. The maximum absolute atomic E-state index is 12.1. The number of hydrogen-bond donors (Lipinski definition) is 2. The first-order valence-electron chi connectivity index (χ1n) is 6.04. The zero-order chi connectivity index (χ0) is 14.6. The number of nitrogens with two attached hydrogens (primary N) is 1. The molecule has 0 aliphatic heterocycles. The molecule has 0 aliphatic carbocycles. The summed E-state index contributed by atoms with van der Waals surface area (Å²) in [6.45, 7) is 0.848. The standard InChI is InChI=1S/C13H15BrN2O2S2/c14-13-6-3-11(19-13)9-16-20(17,18)12-4-1-10(2-5-12)7-8-15/h1-6,16H,7-9,15H2. The van der Waals surface area contributed by atoms with E-state index in [9.17, 15) is 8.42 Å². The van der Waals surface area contributed by atoms with E-state index in [4.69, 9.17) is 5.73 Å². The molecule has 0 unspecified atom stereocenters. The minimum absolute atomic E-state index is 0.272. The zero-order valence-electron chi connectivity index (χ0n) is 10.7. The van der Waals surface area contributed by atoms with Crippen molar-refractivity contribution < 1.29 is 8.42 Å². The van der Waals surface area contributed by atoms with Crippen LogP contribution in [-0.2, 0) is 23.0 Å². The largest absolute Gasteiger partial charge is 0.330 e. The molecule has 1 aromatic carbocycles. The van der Waals surface area contributed by atoms with Crippen LogP contribution < -0.4 is 10.5 Å². The number of nitrogens with one attached hydrogen (secondary N) is 1. The van der Waals surface area contributed by atoms with Gasteiger partial charge in [0.05, 0.1) is 8.68 Å². The molecule has 0 atom stereocenters. The van der Waals surface area contributed by atoms with E-state index in [0.717, 1.165) is 20.6 Å². The fourth-order valence-corrected chi connectivity index (χ4v) is 4.22. The van der Waals surface area contributed by atoms with Crippen LogP contribution in [0, 0.1) is 0 Å². The van der Waals surface area contributed by atoms with E-state index < -0.39 is 10.0 Å². The number of rotatable bonds is 6. The van der Waals surface area contributed by atoms with Gasteiger partial charge in [-0.05, 0) is 58.7 Å². The zero-order valence-corrected chi connectivity index (χ0v) is 13.9. The molecular weight excluding hydrogens is 360 g/mol. The molecule has 4 nitrogen and oxygen atoms in total. The number of thiophene rings is 1. The van der Waals surface area contributed by atoms with Crippen molar-refractivity contribution in [1.82, 2.24) is 4.72 Å². The van der Waals surface area contributed by atoms with Gasteiger partial charge in [-0.1, -0.05) is 12.1 Å². The Hall–Kier alpha value is -0.730. The van der Waals surface area contributed by atoms with Gasteiger partial charge < -0.3 is 5.73 Å². The molecule has 0 bridgehead atoms. The summed E-state index contributed by atoms with van der Waals surface area (Å²) in [6, 6.07) is 10.6. The molecule has 0 aliphatic rings. The van der Waals surface area contributed by atoms with E-state index in [1.54, 1.807) is 24.3 Å². The smallest absolute Gasteiger partial charge is 0.240 e. The van der Waals surface area contributed by atoms with Gasteiger partial charge in [-0.3, -0.25) is 0 Å². The predicted octanol–water partition coefficient (Wildman–Crippen LogP) is 2.49. The van der Waals surface area contributed by atoms with E-state index in [1.807, 2.05) is 12.1 Å². The first-order chi connectivity index (χ1) is 9.51. The van der Waals surface area contributed by atoms with Gasteiger partial charge in [0.1, 0.15) is 0 Å². The Balaban J connectivity index is 2.05. The molecule has 0 radical (unpaired) electrons. The quantitative estimate of drug-likeness (QED) is 0.815. The van der Waals surface area contributed by atoms with E-state index in [0.29, 0.717) is 13.1 Å². The molecule has 0 saturated heterocycles. The molecule has 0 spiro atoms. The Morgan fingerprint density at radius 2 is 1.85 bits per heavy atom. The van der Waals surface area contributed by atoms with Crippen LogP contribution in [0.4, 0.5) is 0 Å². The first-order valence-corrected chi connectivity index (χ1v) is 9.13. The summed E-state index contributed by atoms with van der Waals surface area (Å²) in [7, 11) is -3.47. The van der Waals surface area contributed by atoms with Gasteiger partial charge in [-0.2, -0.15) is 0 Å². The second-order valence-electron chi connectivity index (χ2n) is 4.21. The van der Waals surface area contributed by atoms with E-state index in [2.05, 4.69) is 20.7 Å². The second-order valence-corrected chi connectivity index (χ2v) is 8.53. The first kappa shape index (κ1) is 15.7. The van der Waals surface area contributed by atoms with E-state index in [1.165, 1.54) is 11.3 Å². The Kier molecular flexibility index (Phi) is 5.34. The predicted molar refractivity (Wildman–Crippen MR) is 85.2 cm³/mol. The van der Waals surface area contributed by atoms with Crippen molar-refractivity contribution in [2.75, 3.05) is 6.54 Å². The van der Waals surface area contributed by atoms with Crippen molar-refractivity contribution in [2.45, 2.75) is 17.9 Å². The van der Waals surface area contributed by atoms with Crippen molar-refractivity contribution in [3.8, 4) is 0 Å². The summed E-state index contributed by atoms with van der Waals surface area (Å²) >= 11 is 4.86. The molecule has 108 valence electrons. The van der Waals surface area contributed by atoms with Gasteiger partial charge in [-0.15, -0.1) is 11.3 Å². The van der Waals surface area contributed by atoms with Crippen LogP contribution in [-0.4, -0.2) is 15.0 Å². The van der Waals surface area contributed by atoms with Crippen LogP contribution in [0.5, 0.6) is 0 Å². The molecule has 0 fully saturated rings. The highest BCUT2D eigenvalue weighted by molar-refractivity contribution is 9.11. The fraction of sp³-hybridized carbons (Fsp3) is 0.231. The van der Waals surface area contributed by atoms with Gasteiger partial charge in [0.2, 0.25) is 10.0 Å². The highest BCUT2D eigenvalue weighted by Gasteiger charge is 2.13. The maximum Gasteiger partial charge on any atom is 0.240 e. The molecule has 0 amide bonds. The van der Waals surface area contributed by atoms with Crippen LogP contribution in [0.3, 0.4) is 0 Å². The lowest BCUT2D eigenvalue weighted by Gasteiger charge is -2.06. The monoisotopic (exact) mass is 374 g/mol. The van der Waals surface area contributed by atoms with Crippen LogP contribution in [0.15, 0.2) is 45.1 Å². The number of hydrogen-bond acceptors (Lipinski definition) is 4. The molecule has 0 saturated carbocycles. The third-order valence-electron chi connectivity index (χ3n) is 2.73. The van der Waals surface area contributed by atoms with Crippen LogP contribution in [0.25, 0.3) is 0 Å². The topological polar surface area (TPSA) is 72.2 Å². The highest BCUT2D eigenvalue weighted by atomic mass is 79.9. The molecule has 2 aromatic rings. The lowest BCUT2D eigenvalue weighted by molar-refractivity contribution is 0.582. The summed E-state index contributed by atoms with van der Waals surface area (Å²) in [5.41, 5.74) is 6.50. The summed E-state index contributed by atoms with van der Waals surface area (Å²) in [5.74, 6) is 0. The van der Waals surface area contributed by atoms with Gasteiger partial charge in [-0.25, -0.2) is 13.1 Å². The SMILES string of the molecule is NCCc1ccc(S(=O)(=O)NCc2ccc(Br)s2)cc1. The molecule has 3 N–H and O–H groups in total. The summed E-state index contributed by atoms with van der Waals surface area (Å²) < 4.78 is 27.9. The van der Waals surface area contributed by atoms with Crippen molar-refractivity contribution in [2.24, 2.45) is 5.73 Å². The number of halogens is 1. The average Bonchev–Trinajstić information content (AvgIpc) is 2.84. The maximum atomic E-state index is 12.1. The summed E-state index contributed by atoms with van der Waals surface area (Å²) in [6.07, 6.45) is 0.747. The minimum atomic E-state index is -3.47. The Bertz CT molecular complexity index is 666. The van der Waals surface area contributed by atoms with Crippen LogP contribution in [0.1, 0.15) is 10.4 Å². The average molecular weight is 375 g/mol. The van der Waals surface area contributed by atoms with Crippen LogP contribution in [0.2, 0.25) is 0 Å². The van der Waals surface area contributed by atoms with Crippen molar-refractivity contribution in [3.05, 3.63) is 50.6 Å². The Morgan fingerprint density at radius 3 is 2.40 bits per heavy atom. The summed E-state index contributed by atoms with van der Waals surface area (Å²) in [5, 5.41) is 0. The Morgan fingerprint density at radius 1 is 1.15 bits per heavy atom. The molecule has 7 heteroatoms. The van der Waals surface area contributed by atoms with Crippen molar-refractivity contribution >= 4 is 37.3 Å². The van der Waals surface area contributed by atoms with Gasteiger partial charge in [0.25, 0.3) is 0 Å². The van der Waals surface area contributed by atoms with Gasteiger partial charge >= 0.3 is 0 Å². The third-order valence-corrected chi connectivity index (χ3v) is 5.77. The normalized spacial score (nSPS) is 11.7. The van der Waals surface area contributed by atoms with E-state index in [-0.39, 0.29) is 4.90 Å². The van der Waals surface area contributed by atoms with Crippen LogP contribution >= 0.6 is 27.3 Å². The minimum Gasteiger partial charge on any atom is -0.330 e. The number of benzene rings is 1. The summed E-state index contributed by atoms with van der Waals surface area (Å²) in [4.78, 5) is 1.23. The van der Waals surface area contributed by atoms with Gasteiger partial charge in [0, 0.05) is 11.4 Å². The highest BCUT2D eigenvalue weighted by Crippen LogP contribution is 2.22. The van der Waals surface area contributed by atoms with Gasteiger partial charge in [0.15, 0.2) is 0 Å². The Labute approximate surface area is 131 Å². The molecular formula is C13H15BrN2O2S2. The van der Waals surface area contributed by atoms with Crippen molar-refractivity contribution in [1.29, 1.82) is 0 Å². The number of sulfonamides is 1. The lowest BCUT2D eigenvalue weighted by Crippen LogP contribution is -2.22. The molecule has 20 heavy (non-hydrogen) atoms. The third kappa shape index (κ3) is 4.13. The van der Waals surface area contributed by atoms with E-state index >= 15 is 0 Å². The molecule has 1 aromatic heterocycles. The second kappa shape index (κ2) is 6.82.